The van der Waals surface area contributed by atoms with Crippen LogP contribution in [-0.4, -0.2) is 14.1 Å². The number of rotatable bonds is 2. The molecule has 0 bridgehead atoms. The number of carbonyl (C=O) groups is 1. The molecule has 0 saturated carbocycles. The highest BCUT2D eigenvalue weighted by atomic mass is 32.2. The Morgan fingerprint density at radius 2 is 1.70 bits per heavy atom. The first-order valence-corrected chi connectivity index (χ1v) is 10.2. The molecule has 1 aliphatic heterocycles. The van der Waals surface area contributed by atoms with E-state index >= 15 is 0 Å². The van der Waals surface area contributed by atoms with Crippen molar-refractivity contribution < 1.29 is 26.1 Å². The highest BCUT2D eigenvalue weighted by molar-refractivity contribution is 7.95. The number of alkyl halides is 3. The van der Waals surface area contributed by atoms with E-state index in [0.717, 1.165) is 28.2 Å². The number of benzene rings is 2. The molecule has 3 aromatic rings. The fourth-order valence-electron chi connectivity index (χ4n) is 2.78. The van der Waals surface area contributed by atoms with Gasteiger partial charge in [0.25, 0.3) is 15.6 Å². The summed E-state index contributed by atoms with van der Waals surface area (Å²) < 4.78 is 56.5. The molecule has 27 heavy (non-hydrogen) atoms. The summed E-state index contributed by atoms with van der Waals surface area (Å²) in [5.74, 6) is -0.639. The molecule has 1 aromatic heterocycles. The van der Waals surface area contributed by atoms with E-state index in [1.165, 1.54) is 11.3 Å². The van der Waals surface area contributed by atoms with Crippen LogP contribution in [0, 0.1) is 0 Å². The minimum absolute atomic E-state index is 0.0192. The first-order chi connectivity index (χ1) is 12.8. The standard InChI is InChI=1S/C18H11F3N2O2S2/c19-18(20,21)13-9-7-12(8-10-13)17(24)23-15-5-2-1-4-14(15)22-27(23,25)16-6-3-11-26-16/h1-11H/p+1. The predicted octanol–water partition coefficient (Wildman–Crippen LogP) is 5.12. The Kier molecular flexibility index (Phi) is 4.08. The van der Waals surface area contributed by atoms with E-state index in [0.29, 0.717) is 15.6 Å². The monoisotopic (exact) mass is 409 g/mol. The van der Waals surface area contributed by atoms with E-state index in [9.17, 15) is 22.2 Å². The van der Waals surface area contributed by atoms with Crippen LogP contribution in [0.25, 0.3) is 0 Å². The van der Waals surface area contributed by atoms with E-state index < -0.39 is 27.6 Å². The van der Waals surface area contributed by atoms with Crippen LogP contribution >= 0.6 is 11.3 Å². The van der Waals surface area contributed by atoms with E-state index in [-0.39, 0.29) is 5.56 Å². The zero-order valence-corrected chi connectivity index (χ0v) is 15.2. The lowest BCUT2D eigenvalue weighted by molar-refractivity contribution is -0.307. The van der Waals surface area contributed by atoms with Gasteiger partial charge < -0.3 is 0 Å². The molecule has 0 radical (unpaired) electrons. The molecule has 1 amide bonds. The van der Waals surface area contributed by atoms with Gasteiger partial charge in [-0.2, -0.15) is 17.4 Å². The molecule has 2 heterocycles. The fraction of sp³-hybridized carbons (Fsp3) is 0.0556. The molecule has 1 aliphatic rings. The SMILES string of the molecule is O=C(c1ccc(C(F)(F)F)cc1)[N+]1=S(=O)(c2cccs2)Nc2ccccc21. The molecule has 1 unspecified atom stereocenters. The summed E-state index contributed by atoms with van der Waals surface area (Å²) in [6, 6.07) is 14.0. The molecule has 4 nitrogen and oxygen atoms in total. The van der Waals surface area contributed by atoms with Gasteiger partial charge in [-0.1, -0.05) is 16.1 Å². The Morgan fingerprint density at radius 1 is 1.00 bits per heavy atom. The van der Waals surface area contributed by atoms with Gasteiger partial charge in [-0.15, -0.1) is 11.3 Å². The van der Waals surface area contributed by atoms with Crippen LogP contribution in [0.4, 0.5) is 24.5 Å². The van der Waals surface area contributed by atoms with E-state index in [4.69, 9.17) is 0 Å². The number of nitrogens with zero attached hydrogens (tertiary/aromatic N) is 1. The second kappa shape index (κ2) is 6.21. The molecule has 0 aliphatic carbocycles. The Balaban J connectivity index is 1.88. The summed E-state index contributed by atoms with van der Waals surface area (Å²) >= 11 is 1.23. The van der Waals surface area contributed by atoms with Crippen LogP contribution < -0.4 is 4.72 Å². The first kappa shape index (κ1) is 17.7. The number of para-hydroxylation sites is 2. The molecule has 1 atom stereocenters. The Bertz CT molecular complexity index is 1140. The maximum atomic E-state index is 13.7. The summed E-state index contributed by atoms with van der Waals surface area (Å²) in [5.41, 5.74) is 0.112. The highest BCUT2D eigenvalue weighted by Gasteiger charge is 2.42. The molecule has 1 N–H and O–H groups in total. The number of anilines is 1. The van der Waals surface area contributed by atoms with Crippen LogP contribution in [0.3, 0.4) is 0 Å². The third-order valence-electron chi connectivity index (χ3n) is 4.04. The van der Waals surface area contributed by atoms with Gasteiger partial charge in [-0.05, 0) is 47.8 Å². The summed E-state index contributed by atoms with van der Waals surface area (Å²) in [7, 11) is -3.14. The second-order valence-electron chi connectivity index (χ2n) is 5.75. The number of hydrogen-bond acceptors (Lipinski definition) is 3. The van der Waals surface area contributed by atoms with E-state index in [2.05, 4.69) is 4.72 Å². The summed E-state index contributed by atoms with van der Waals surface area (Å²) in [6.07, 6.45) is -4.49. The average Bonchev–Trinajstić information content (AvgIpc) is 3.27. The van der Waals surface area contributed by atoms with E-state index in [1.807, 2.05) is 0 Å². The third-order valence-corrected chi connectivity index (χ3v) is 7.72. The molecule has 0 fully saturated rings. The molecule has 138 valence electrons. The Morgan fingerprint density at radius 3 is 2.33 bits per heavy atom. The molecule has 4 rings (SSSR count). The van der Waals surface area contributed by atoms with E-state index in [1.54, 1.807) is 41.8 Å². The minimum Gasteiger partial charge on any atom is -0.255 e. The molecular weight excluding hydrogens is 397 g/mol. The zero-order valence-electron chi connectivity index (χ0n) is 13.6. The highest BCUT2D eigenvalue weighted by Crippen LogP contribution is 2.38. The normalized spacial score (nSPS) is 18.9. The van der Waals surface area contributed by atoms with Gasteiger partial charge >= 0.3 is 12.1 Å². The summed E-state index contributed by atoms with van der Waals surface area (Å²) in [4.78, 5) is 13.1. The topological polar surface area (TPSA) is 49.2 Å². The number of fused-ring (bicyclic) bond motifs is 1. The quantitative estimate of drug-likeness (QED) is 0.598. The lowest BCUT2D eigenvalue weighted by atomic mass is 10.1. The lowest BCUT2D eigenvalue weighted by Gasteiger charge is -2.06. The van der Waals surface area contributed by atoms with Crippen molar-refractivity contribution in [2.24, 2.45) is 0 Å². The Labute approximate surface area is 157 Å². The predicted molar refractivity (Wildman–Crippen MR) is 96.5 cm³/mol. The van der Waals surface area contributed by atoms with Crippen molar-refractivity contribution in [3.8, 4) is 0 Å². The number of nitrogens with one attached hydrogen (secondary N) is 1. The van der Waals surface area contributed by atoms with Crippen LogP contribution in [0.15, 0.2) is 70.3 Å². The van der Waals surface area contributed by atoms with Gasteiger partial charge in [0.2, 0.25) is 0 Å². The summed E-state index contributed by atoms with van der Waals surface area (Å²) in [5, 5.41) is 1.74. The van der Waals surface area contributed by atoms with Crippen molar-refractivity contribution in [3.05, 3.63) is 77.2 Å². The minimum atomic E-state index is -4.49. The molecule has 0 spiro atoms. The van der Waals surface area contributed by atoms with Gasteiger partial charge in [-0.25, -0.2) is 4.79 Å². The van der Waals surface area contributed by atoms with Crippen molar-refractivity contribution in [1.29, 1.82) is 0 Å². The van der Waals surface area contributed by atoms with Crippen LogP contribution in [0.2, 0.25) is 0 Å². The number of carbonyl (C=O) groups excluding carboxylic acids is 1. The zero-order chi connectivity index (χ0) is 19.2. The van der Waals surface area contributed by atoms with Gasteiger partial charge in [0, 0.05) is 6.07 Å². The largest absolute Gasteiger partial charge is 0.435 e. The van der Waals surface area contributed by atoms with Crippen molar-refractivity contribution >= 4 is 38.5 Å². The number of amides is 1. The maximum Gasteiger partial charge on any atom is 0.435 e. The number of hydrogen-bond donors (Lipinski definition) is 1. The maximum absolute atomic E-state index is 13.7. The van der Waals surface area contributed by atoms with Gasteiger partial charge in [0.05, 0.1) is 11.1 Å². The van der Waals surface area contributed by atoms with Crippen molar-refractivity contribution in [2.45, 2.75) is 10.4 Å². The van der Waals surface area contributed by atoms with Crippen LogP contribution in [-0.2, 0) is 16.1 Å². The third kappa shape index (κ3) is 2.92. The van der Waals surface area contributed by atoms with Crippen LogP contribution in [0.1, 0.15) is 15.9 Å². The average molecular weight is 409 g/mol. The molecule has 9 heteroatoms. The van der Waals surface area contributed by atoms with Gasteiger partial charge in [-0.3, -0.25) is 4.72 Å². The van der Waals surface area contributed by atoms with Gasteiger partial charge in [0.15, 0.2) is 4.21 Å². The summed E-state index contributed by atoms with van der Waals surface area (Å²) in [6.45, 7) is 0. The lowest BCUT2D eigenvalue weighted by Crippen LogP contribution is -2.23. The fourth-order valence-corrected chi connectivity index (χ4v) is 6.14. The van der Waals surface area contributed by atoms with Crippen molar-refractivity contribution in [1.82, 2.24) is 0 Å². The number of thiophene rings is 1. The van der Waals surface area contributed by atoms with Crippen molar-refractivity contribution in [3.63, 3.8) is 0 Å². The van der Waals surface area contributed by atoms with Crippen molar-refractivity contribution in [2.75, 3.05) is 4.72 Å². The van der Waals surface area contributed by atoms with Crippen LogP contribution in [0.5, 0.6) is 0 Å². The smallest absolute Gasteiger partial charge is 0.255 e. The number of halogens is 3. The molecular formula is C18H12F3N2O2S2+. The molecule has 2 aromatic carbocycles. The second-order valence-corrected chi connectivity index (χ2v) is 9.02. The first-order valence-electron chi connectivity index (χ1n) is 7.77. The molecule has 0 saturated heterocycles. The Hall–Kier alpha value is -2.65. The van der Waals surface area contributed by atoms with Gasteiger partial charge in [0.1, 0.15) is 5.69 Å².